The molecule has 1 N–H and O–H groups in total. The molecule has 0 spiro atoms. The van der Waals surface area contributed by atoms with Crippen LogP contribution in [0, 0.1) is 0 Å². The fourth-order valence-corrected chi connectivity index (χ4v) is 1.91. The molecule has 0 unspecified atom stereocenters. The molecule has 0 atom stereocenters. The lowest BCUT2D eigenvalue weighted by Crippen LogP contribution is -2.34. The molecular weight excluding hydrogens is 234 g/mol. The second-order valence-corrected chi connectivity index (χ2v) is 3.90. The van der Waals surface area contributed by atoms with Gasteiger partial charge in [0.15, 0.2) is 11.4 Å². The van der Waals surface area contributed by atoms with Crippen molar-refractivity contribution < 1.29 is 9.47 Å². The maximum atomic E-state index is 11.0. The standard InChI is InChI=1S/C8H13N3O4S/c1-11-8(9-6(12)7(13)10-11)16-4-5(14-2)15-3/h5H,4H2,1-3H3,(H,10,13). The summed E-state index contributed by atoms with van der Waals surface area (Å²) in [4.78, 5) is 25.6. The van der Waals surface area contributed by atoms with Crippen LogP contribution in [0.15, 0.2) is 14.7 Å². The topological polar surface area (TPSA) is 86.2 Å². The minimum absolute atomic E-state index is 0.381. The number of ether oxygens (including phenoxy) is 2. The molecule has 0 amide bonds. The van der Waals surface area contributed by atoms with Crippen LogP contribution in [0.5, 0.6) is 0 Å². The van der Waals surface area contributed by atoms with Gasteiger partial charge in [0.05, 0.1) is 5.75 Å². The van der Waals surface area contributed by atoms with Gasteiger partial charge in [0.1, 0.15) is 0 Å². The van der Waals surface area contributed by atoms with Gasteiger partial charge in [-0.2, -0.15) is 4.98 Å². The van der Waals surface area contributed by atoms with Crippen molar-refractivity contribution in [2.24, 2.45) is 7.05 Å². The predicted molar refractivity (Wildman–Crippen MR) is 58.6 cm³/mol. The number of aromatic nitrogens is 3. The van der Waals surface area contributed by atoms with Gasteiger partial charge in [0.25, 0.3) is 0 Å². The molecule has 0 aromatic carbocycles. The molecule has 90 valence electrons. The van der Waals surface area contributed by atoms with Gasteiger partial charge in [-0.15, -0.1) is 0 Å². The van der Waals surface area contributed by atoms with Gasteiger partial charge in [0.2, 0.25) is 0 Å². The fraction of sp³-hybridized carbons (Fsp3) is 0.625. The molecule has 0 saturated carbocycles. The lowest BCUT2D eigenvalue weighted by molar-refractivity contribution is -0.0842. The van der Waals surface area contributed by atoms with E-state index in [0.717, 1.165) is 0 Å². The van der Waals surface area contributed by atoms with Gasteiger partial charge in [-0.1, -0.05) is 11.8 Å². The van der Waals surface area contributed by atoms with Crippen LogP contribution >= 0.6 is 11.8 Å². The minimum atomic E-state index is -0.799. The Balaban J connectivity index is 2.78. The predicted octanol–water partition coefficient (Wildman–Crippen LogP) is -0.820. The van der Waals surface area contributed by atoms with Crippen molar-refractivity contribution in [2.45, 2.75) is 11.4 Å². The Hall–Kier alpha value is -1.12. The van der Waals surface area contributed by atoms with E-state index in [1.165, 1.54) is 30.7 Å². The number of hydrogen-bond acceptors (Lipinski definition) is 6. The maximum Gasteiger partial charge on any atom is 0.339 e. The van der Waals surface area contributed by atoms with E-state index in [1.54, 1.807) is 7.05 Å². The molecule has 0 fully saturated rings. The number of methoxy groups -OCH3 is 2. The number of nitrogens with one attached hydrogen (secondary N) is 1. The number of thioether (sulfide) groups is 1. The molecule has 7 nitrogen and oxygen atoms in total. The number of aromatic amines is 1. The molecule has 0 aliphatic rings. The lowest BCUT2D eigenvalue weighted by atomic mass is 10.7. The van der Waals surface area contributed by atoms with Crippen molar-refractivity contribution in [3.8, 4) is 0 Å². The number of H-pyrrole nitrogens is 1. The molecule has 1 aromatic heterocycles. The molecule has 1 aromatic rings. The van der Waals surface area contributed by atoms with E-state index < -0.39 is 11.1 Å². The first-order valence-corrected chi connectivity index (χ1v) is 5.42. The number of rotatable bonds is 5. The molecule has 1 rings (SSSR count). The Morgan fingerprint density at radius 1 is 1.44 bits per heavy atom. The van der Waals surface area contributed by atoms with Crippen LogP contribution in [0.2, 0.25) is 0 Å². The number of hydrogen-bond donors (Lipinski definition) is 1. The summed E-state index contributed by atoms with van der Waals surface area (Å²) in [6, 6.07) is 0. The van der Waals surface area contributed by atoms with E-state index in [-0.39, 0.29) is 6.29 Å². The highest BCUT2D eigenvalue weighted by Crippen LogP contribution is 2.13. The Bertz CT molecular complexity index is 451. The summed E-state index contributed by atoms with van der Waals surface area (Å²) in [5, 5.41) is 2.76. The second kappa shape index (κ2) is 5.83. The SMILES string of the molecule is COC(CSc1nc(=O)c(=O)[nH]n1C)OC. The van der Waals surface area contributed by atoms with Crippen molar-refractivity contribution >= 4 is 11.8 Å². The lowest BCUT2D eigenvalue weighted by Gasteiger charge is -2.12. The zero-order valence-corrected chi connectivity index (χ0v) is 10.0. The number of aryl methyl sites for hydroxylation is 1. The Kier molecular flexibility index (Phi) is 4.71. The maximum absolute atomic E-state index is 11.0. The quantitative estimate of drug-likeness (QED) is 0.415. The summed E-state index contributed by atoms with van der Waals surface area (Å²) in [5.74, 6) is 0.472. The summed E-state index contributed by atoms with van der Waals surface area (Å²) in [6.45, 7) is 0. The Labute approximate surface area is 95.8 Å². The molecule has 16 heavy (non-hydrogen) atoms. The zero-order chi connectivity index (χ0) is 12.1. The van der Waals surface area contributed by atoms with E-state index in [0.29, 0.717) is 10.9 Å². The highest BCUT2D eigenvalue weighted by molar-refractivity contribution is 7.99. The van der Waals surface area contributed by atoms with Crippen molar-refractivity contribution in [3.05, 3.63) is 20.7 Å². The third kappa shape index (κ3) is 3.19. The molecular formula is C8H13N3O4S. The summed E-state index contributed by atoms with van der Waals surface area (Å²) >= 11 is 1.26. The second-order valence-electron chi connectivity index (χ2n) is 2.91. The molecule has 1 heterocycles. The minimum Gasteiger partial charge on any atom is -0.355 e. The van der Waals surface area contributed by atoms with E-state index in [9.17, 15) is 9.59 Å². The fourth-order valence-electron chi connectivity index (χ4n) is 0.965. The van der Waals surface area contributed by atoms with Crippen LogP contribution in [-0.2, 0) is 16.5 Å². The van der Waals surface area contributed by atoms with Crippen molar-refractivity contribution in [1.29, 1.82) is 0 Å². The monoisotopic (exact) mass is 247 g/mol. The van der Waals surface area contributed by atoms with Crippen LogP contribution < -0.4 is 11.1 Å². The summed E-state index contributed by atoms with van der Waals surface area (Å²) in [7, 11) is 4.65. The smallest absolute Gasteiger partial charge is 0.339 e. The summed E-state index contributed by atoms with van der Waals surface area (Å²) in [5.41, 5.74) is -1.53. The normalized spacial score (nSPS) is 11.0. The van der Waals surface area contributed by atoms with E-state index in [2.05, 4.69) is 10.1 Å². The average molecular weight is 247 g/mol. The zero-order valence-electron chi connectivity index (χ0n) is 9.22. The highest BCUT2D eigenvalue weighted by atomic mass is 32.2. The third-order valence-corrected chi connectivity index (χ3v) is 2.88. The van der Waals surface area contributed by atoms with Crippen molar-refractivity contribution in [3.63, 3.8) is 0 Å². The molecule has 0 radical (unpaired) electrons. The van der Waals surface area contributed by atoms with Gasteiger partial charge >= 0.3 is 11.1 Å². The van der Waals surface area contributed by atoms with Gasteiger partial charge < -0.3 is 9.47 Å². The Morgan fingerprint density at radius 2 is 2.06 bits per heavy atom. The van der Waals surface area contributed by atoms with Crippen molar-refractivity contribution in [2.75, 3.05) is 20.0 Å². The van der Waals surface area contributed by atoms with Crippen LogP contribution in [0.25, 0.3) is 0 Å². The van der Waals surface area contributed by atoms with Gasteiger partial charge in [-0.25, -0.2) is 0 Å². The van der Waals surface area contributed by atoms with Crippen LogP contribution in [0.4, 0.5) is 0 Å². The first-order valence-electron chi connectivity index (χ1n) is 4.44. The Morgan fingerprint density at radius 3 is 2.62 bits per heavy atom. The van der Waals surface area contributed by atoms with Crippen LogP contribution in [0.1, 0.15) is 0 Å². The molecule has 0 bridgehead atoms. The molecule has 0 saturated heterocycles. The van der Waals surface area contributed by atoms with E-state index in [4.69, 9.17) is 9.47 Å². The molecule has 0 aliphatic carbocycles. The number of nitrogens with zero attached hydrogens (tertiary/aromatic N) is 2. The summed E-state index contributed by atoms with van der Waals surface area (Å²) in [6.07, 6.45) is -0.381. The van der Waals surface area contributed by atoms with Crippen molar-refractivity contribution in [1.82, 2.24) is 14.8 Å². The summed E-state index contributed by atoms with van der Waals surface area (Å²) < 4.78 is 11.4. The first kappa shape index (κ1) is 12.9. The highest BCUT2D eigenvalue weighted by Gasteiger charge is 2.09. The third-order valence-electron chi connectivity index (χ3n) is 1.82. The van der Waals surface area contributed by atoms with Gasteiger partial charge in [-0.05, 0) is 0 Å². The van der Waals surface area contributed by atoms with E-state index in [1.807, 2.05) is 0 Å². The molecule has 0 aliphatic heterocycles. The van der Waals surface area contributed by atoms with Crippen LogP contribution in [0.3, 0.4) is 0 Å². The largest absolute Gasteiger partial charge is 0.355 e. The van der Waals surface area contributed by atoms with Gasteiger partial charge in [0, 0.05) is 21.3 Å². The van der Waals surface area contributed by atoms with Crippen LogP contribution in [-0.4, -0.2) is 41.0 Å². The van der Waals surface area contributed by atoms with Gasteiger partial charge in [-0.3, -0.25) is 19.4 Å². The van der Waals surface area contributed by atoms with E-state index >= 15 is 0 Å². The molecule has 8 heteroatoms. The average Bonchev–Trinajstić information content (AvgIpc) is 2.26. The first-order chi connectivity index (χ1) is 7.58.